The van der Waals surface area contributed by atoms with Gasteiger partial charge in [-0.3, -0.25) is 14.4 Å². The lowest BCUT2D eigenvalue weighted by atomic mass is 10.1. The number of amides is 1. The lowest BCUT2D eigenvalue weighted by molar-refractivity contribution is 0.0932. The number of aldehydes is 1. The van der Waals surface area contributed by atoms with Gasteiger partial charge in [0.05, 0.1) is 10.9 Å². The molecule has 0 spiro atoms. The van der Waals surface area contributed by atoms with E-state index in [0.29, 0.717) is 21.2 Å². The smallest absolute Gasteiger partial charge is 0.272 e. The SMILES string of the molecule is C[C@@H](NC(=O)c1ccc(=O)n(-c2ccccc2F)n1)c1ncc(-c2cc(Cl)ccc2C=O)s1. The van der Waals surface area contributed by atoms with E-state index >= 15 is 0 Å². The Kier molecular flexibility index (Phi) is 6.43. The molecule has 10 heteroatoms. The molecule has 1 N–H and O–H groups in total. The van der Waals surface area contributed by atoms with Crippen molar-refractivity contribution in [3.05, 3.63) is 98.3 Å². The molecule has 0 fully saturated rings. The molecule has 2 heterocycles. The molecule has 1 atom stereocenters. The number of halogens is 2. The highest BCUT2D eigenvalue weighted by atomic mass is 35.5. The Morgan fingerprint density at radius 2 is 2.00 bits per heavy atom. The fraction of sp³-hybridized carbons (Fsp3) is 0.0870. The summed E-state index contributed by atoms with van der Waals surface area (Å²) in [6.07, 6.45) is 2.35. The lowest BCUT2D eigenvalue weighted by Gasteiger charge is -2.12. The number of para-hydroxylation sites is 1. The van der Waals surface area contributed by atoms with Crippen LogP contribution >= 0.6 is 22.9 Å². The van der Waals surface area contributed by atoms with Crippen LogP contribution in [0.25, 0.3) is 16.1 Å². The number of carbonyl (C=O) groups excluding carboxylic acids is 2. The molecule has 4 aromatic rings. The van der Waals surface area contributed by atoms with Crippen LogP contribution in [0.4, 0.5) is 4.39 Å². The van der Waals surface area contributed by atoms with E-state index in [4.69, 9.17) is 11.6 Å². The molecule has 33 heavy (non-hydrogen) atoms. The van der Waals surface area contributed by atoms with Crippen molar-refractivity contribution in [3.8, 4) is 16.1 Å². The maximum Gasteiger partial charge on any atom is 0.272 e. The number of nitrogens with zero attached hydrogens (tertiary/aromatic N) is 3. The summed E-state index contributed by atoms with van der Waals surface area (Å²) >= 11 is 7.37. The van der Waals surface area contributed by atoms with E-state index in [2.05, 4.69) is 15.4 Å². The zero-order valence-corrected chi connectivity index (χ0v) is 18.7. The summed E-state index contributed by atoms with van der Waals surface area (Å²) in [6, 6.07) is 12.5. The van der Waals surface area contributed by atoms with Crippen LogP contribution in [0.3, 0.4) is 0 Å². The maximum atomic E-state index is 14.1. The number of hydrogen-bond acceptors (Lipinski definition) is 6. The van der Waals surface area contributed by atoms with Crippen molar-refractivity contribution in [3.63, 3.8) is 0 Å². The Hall–Kier alpha value is -3.69. The second-order valence-electron chi connectivity index (χ2n) is 7.03. The maximum absolute atomic E-state index is 14.1. The van der Waals surface area contributed by atoms with E-state index in [0.717, 1.165) is 21.9 Å². The normalized spacial score (nSPS) is 11.7. The molecule has 2 aromatic heterocycles. The molecule has 4 rings (SSSR count). The molecule has 2 aromatic carbocycles. The van der Waals surface area contributed by atoms with Gasteiger partial charge in [0.2, 0.25) is 0 Å². The average molecular weight is 483 g/mol. The lowest BCUT2D eigenvalue weighted by Crippen LogP contribution is -2.30. The van der Waals surface area contributed by atoms with Crippen LogP contribution in [0, 0.1) is 5.82 Å². The Balaban J connectivity index is 1.56. The van der Waals surface area contributed by atoms with Gasteiger partial charge in [-0.15, -0.1) is 11.3 Å². The number of rotatable bonds is 6. The minimum atomic E-state index is -0.635. The summed E-state index contributed by atoms with van der Waals surface area (Å²) in [5.41, 5.74) is 0.452. The molecular weight excluding hydrogens is 467 g/mol. The summed E-state index contributed by atoms with van der Waals surface area (Å²) in [6.45, 7) is 1.74. The van der Waals surface area contributed by atoms with Crippen molar-refractivity contribution < 1.29 is 14.0 Å². The minimum Gasteiger partial charge on any atom is -0.342 e. The summed E-state index contributed by atoms with van der Waals surface area (Å²) in [7, 11) is 0. The molecule has 7 nitrogen and oxygen atoms in total. The van der Waals surface area contributed by atoms with Gasteiger partial charge in [-0.2, -0.15) is 9.78 Å². The third-order valence-corrected chi connectivity index (χ3v) is 6.21. The molecule has 0 aliphatic heterocycles. The van der Waals surface area contributed by atoms with E-state index in [-0.39, 0.29) is 11.4 Å². The van der Waals surface area contributed by atoms with Crippen molar-refractivity contribution >= 4 is 35.1 Å². The van der Waals surface area contributed by atoms with Crippen molar-refractivity contribution in [2.75, 3.05) is 0 Å². The monoisotopic (exact) mass is 482 g/mol. The Morgan fingerprint density at radius 1 is 1.21 bits per heavy atom. The van der Waals surface area contributed by atoms with Crippen LogP contribution in [0.5, 0.6) is 0 Å². The number of thiazole rings is 1. The van der Waals surface area contributed by atoms with Gasteiger partial charge in [-0.25, -0.2) is 9.37 Å². The zero-order chi connectivity index (χ0) is 23.5. The third kappa shape index (κ3) is 4.74. The van der Waals surface area contributed by atoms with Crippen LogP contribution in [-0.2, 0) is 0 Å². The fourth-order valence-electron chi connectivity index (χ4n) is 3.12. The first kappa shape index (κ1) is 22.5. The van der Waals surface area contributed by atoms with Gasteiger partial charge in [0, 0.05) is 28.4 Å². The van der Waals surface area contributed by atoms with Crippen molar-refractivity contribution in [1.82, 2.24) is 20.1 Å². The first-order chi connectivity index (χ1) is 15.9. The number of nitrogens with one attached hydrogen (secondary N) is 1. The molecule has 0 bridgehead atoms. The molecule has 0 saturated heterocycles. The molecular formula is C23H16ClFN4O3S. The minimum absolute atomic E-state index is 0.0535. The highest BCUT2D eigenvalue weighted by Gasteiger charge is 2.19. The molecule has 0 aliphatic carbocycles. The van der Waals surface area contributed by atoms with E-state index in [9.17, 15) is 18.8 Å². The van der Waals surface area contributed by atoms with E-state index < -0.39 is 23.3 Å². The molecule has 0 aliphatic rings. The highest BCUT2D eigenvalue weighted by Crippen LogP contribution is 2.32. The molecule has 0 saturated carbocycles. The van der Waals surface area contributed by atoms with Crippen LogP contribution in [0.2, 0.25) is 5.02 Å². The van der Waals surface area contributed by atoms with Gasteiger partial charge in [-0.1, -0.05) is 23.7 Å². The summed E-state index contributed by atoms with van der Waals surface area (Å²) in [4.78, 5) is 41.4. The first-order valence-corrected chi connectivity index (χ1v) is 10.9. The van der Waals surface area contributed by atoms with Crippen LogP contribution < -0.4 is 10.9 Å². The quantitative estimate of drug-likeness (QED) is 0.410. The number of hydrogen-bond donors (Lipinski definition) is 1. The summed E-state index contributed by atoms with van der Waals surface area (Å²) in [5.74, 6) is -1.19. The highest BCUT2D eigenvalue weighted by molar-refractivity contribution is 7.15. The summed E-state index contributed by atoms with van der Waals surface area (Å²) in [5, 5.41) is 7.87. The predicted octanol–water partition coefficient (Wildman–Crippen LogP) is 4.45. The first-order valence-electron chi connectivity index (χ1n) is 9.74. The Labute approximate surface area is 196 Å². The Bertz CT molecular complexity index is 1420. The third-order valence-electron chi connectivity index (χ3n) is 4.76. The van der Waals surface area contributed by atoms with Crippen LogP contribution in [0.1, 0.15) is 38.8 Å². The topological polar surface area (TPSA) is 93.9 Å². The standard InChI is InChI=1S/C23H16ClFN4O3S/c1-13(23-26-11-20(33-23)16-10-15(24)7-6-14(16)12-30)27-22(32)18-8-9-21(31)29(28-18)19-5-3-2-4-17(19)25/h2-13H,1H3,(H,27,32)/t13-/m1/s1. The van der Waals surface area contributed by atoms with Gasteiger partial charge < -0.3 is 5.32 Å². The van der Waals surface area contributed by atoms with Crippen LogP contribution in [-0.4, -0.2) is 27.0 Å². The van der Waals surface area contributed by atoms with Crippen molar-refractivity contribution in [2.45, 2.75) is 13.0 Å². The van der Waals surface area contributed by atoms with Gasteiger partial charge in [0.1, 0.15) is 22.2 Å². The Morgan fingerprint density at radius 3 is 2.76 bits per heavy atom. The van der Waals surface area contributed by atoms with E-state index in [1.165, 1.54) is 35.6 Å². The second kappa shape index (κ2) is 9.43. The second-order valence-corrected chi connectivity index (χ2v) is 8.53. The summed E-state index contributed by atoms with van der Waals surface area (Å²) < 4.78 is 14.9. The van der Waals surface area contributed by atoms with Crippen molar-refractivity contribution in [1.29, 1.82) is 0 Å². The van der Waals surface area contributed by atoms with E-state index in [1.54, 1.807) is 37.4 Å². The number of carbonyl (C=O) groups is 2. The molecule has 0 unspecified atom stereocenters. The molecule has 0 radical (unpaired) electrons. The van der Waals surface area contributed by atoms with Crippen LogP contribution in [0.15, 0.2) is 65.6 Å². The predicted molar refractivity (Wildman–Crippen MR) is 124 cm³/mol. The zero-order valence-electron chi connectivity index (χ0n) is 17.2. The average Bonchev–Trinajstić information content (AvgIpc) is 3.30. The largest absolute Gasteiger partial charge is 0.342 e. The molecule has 166 valence electrons. The number of benzene rings is 2. The van der Waals surface area contributed by atoms with Gasteiger partial charge in [0.15, 0.2) is 6.29 Å². The van der Waals surface area contributed by atoms with Gasteiger partial charge in [-0.05, 0) is 43.3 Å². The number of aromatic nitrogens is 3. The van der Waals surface area contributed by atoms with E-state index in [1.807, 2.05) is 0 Å². The van der Waals surface area contributed by atoms with Crippen molar-refractivity contribution in [2.24, 2.45) is 0 Å². The van der Waals surface area contributed by atoms with Gasteiger partial charge >= 0.3 is 0 Å². The molecule has 1 amide bonds. The van der Waals surface area contributed by atoms with Gasteiger partial charge in [0.25, 0.3) is 11.5 Å². The fourth-order valence-corrected chi connectivity index (χ4v) is 4.25.